The summed E-state index contributed by atoms with van der Waals surface area (Å²) in [6.45, 7) is 0.183. The first-order valence-electron chi connectivity index (χ1n) is 9.95. The number of nitrogens with one attached hydrogen (secondary N) is 2. The molecule has 30 heavy (non-hydrogen) atoms. The SMILES string of the molecule is COc1ccc(Cl)cc1NC(=O)NCc1nn(C2CCCC2)c(=O)c2ccccc12. The van der Waals surface area contributed by atoms with Crippen molar-refractivity contribution < 1.29 is 9.53 Å². The molecular weight excluding hydrogens is 404 g/mol. The van der Waals surface area contributed by atoms with Crippen LogP contribution in [0.15, 0.2) is 47.3 Å². The lowest BCUT2D eigenvalue weighted by molar-refractivity contribution is 0.251. The molecule has 2 amide bonds. The molecule has 2 aromatic carbocycles. The topological polar surface area (TPSA) is 85.2 Å². The molecule has 3 aromatic rings. The van der Waals surface area contributed by atoms with Crippen LogP contribution in [0, 0.1) is 0 Å². The Balaban J connectivity index is 1.58. The van der Waals surface area contributed by atoms with Crippen LogP contribution in [0.3, 0.4) is 0 Å². The lowest BCUT2D eigenvalue weighted by Gasteiger charge is -2.16. The van der Waals surface area contributed by atoms with Crippen LogP contribution in [-0.4, -0.2) is 22.9 Å². The fourth-order valence-corrected chi connectivity index (χ4v) is 4.08. The van der Waals surface area contributed by atoms with Gasteiger partial charge in [-0.05, 0) is 37.1 Å². The van der Waals surface area contributed by atoms with E-state index in [0.717, 1.165) is 31.1 Å². The van der Waals surface area contributed by atoms with Gasteiger partial charge in [-0.2, -0.15) is 5.10 Å². The van der Waals surface area contributed by atoms with Gasteiger partial charge in [0.25, 0.3) is 5.56 Å². The summed E-state index contributed by atoms with van der Waals surface area (Å²) < 4.78 is 6.86. The Morgan fingerprint density at radius 1 is 1.20 bits per heavy atom. The zero-order chi connectivity index (χ0) is 21.1. The van der Waals surface area contributed by atoms with Crippen molar-refractivity contribution in [2.45, 2.75) is 38.3 Å². The summed E-state index contributed by atoms with van der Waals surface area (Å²) in [6, 6.07) is 12.1. The Bertz CT molecular complexity index is 1140. The molecule has 0 bridgehead atoms. The van der Waals surface area contributed by atoms with Crippen LogP contribution in [0.1, 0.15) is 37.4 Å². The average molecular weight is 427 g/mol. The van der Waals surface area contributed by atoms with E-state index in [-0.39, 0.29) is 18.1 Å². The van der Waals surface area contributed by atoms with Gasteiger partial charge in [0.05, 0.1) is 36.5 Å². The molecule has 0 saturated heterocycles. The van der Waals surface area contributed by atoms with E-state index in [1.807, 2.05) is 24.3 Å². The Kier molecular flexibility index (Phi) is 5.90. The quantitative estimate of drug-likeness (QED) is 0.629. The van der Waals surface area contributed by atoms with Crippen LogP contribution in [0.5, 0.6) is 5.75 Å². The highest BCUT2D eigenvalue weighted by atomic mass is 35.5. The molecule has 0 aliphatic heterocycles. The van der Waals surface area contributed by atoms with Crippen molar-refractivity contribution in [2.75, 3.05) is 12.4 Å². The smallest absolute Gasteiger partial charge is 0.319 e. The molecule has 1 fully saturated rings. The van der Waals surface area contributed by atoms with Crippen molar-refractivity contribution in [2.24, 2.45) is 0 Å². The van der Waals surface area contributed by atoms with Crippen LogP contribution in [0.2, 0.25) is 5.02 Å². The second kappa shape index (κ2) is 8.75. The third-order valence-electron chi connectivity index (χ3n) is 5.40. The van der Waals surface area contributed by atoms with E-state index in [0.29, 0.717) is 27.5 Å². The Hall–Kier alpha value is -3.06. The predicted molar refractivity (Wildman–Crippen MR) is 117 cm³/mol. The molecule has 1 aliphatic carbocycles. The van der Waals surface area contributed by atoms with Crippen LogP contribution in [-0.2, 0) is 6.54 Å². The van der Waals surface area contributed by atoms with Crippen LogP contribution < -0.4 is 20.9 Å². The Labute approximate surface area is 179 Å². The second-order valence-corrected chi connectivity index (χ2v) is 7.77. The lowest BCUT2D eigenvalue weighted by Crippen LogP contribution is -2.32. The number of aromatic nitrogens is 2. The number of anilines is 1. The minimum absolute atomic E-state index is 0.0747. The summed E-state index contributed by atoms with van der Waals surface area (Å²) in [5.41, 5.74) is 1.05. The van der Waals surface area contributed by atoms with Crippen LogP contribution >= 0.6 is 11.6 Å². The maximum absolute atomic E-state index is 12.9. The number of urea groups is 1. The molecule has 1 saturated carbocycles. The minimum atomic E-state index is -0.417. The molecule has 8 heteroatoms. The van der Waals surface area contributed by atoms with E-state index < -0.39 is 6.03 Å². The lowest BCUT2D eigenvalue weighted by atomic mass is 10.1. The number of ether oxygens (including phenoxy) is 1. The van der Waals surface area contributed by atoms with Gasteiger partial charge in [-0.15, -0.1) is 0 Å². The molecule has 0 unspecified atom stereocenters. The van der Waals surface area contributed by atoms with Gasteiger partial charge < -0.3 is 15.4 Å². The number of rotatable bonds is 5. The number of halogens is 1. The molecule has 2 N–H and O–H groups in total. The summed E-state index contributed by atoms with van der Waals surface area (Å²) in [4.78, 5) is 25.4. The van der Waals surface area contributed by atoms with Gasteiger partial charge in [0, 0.05) is 10.4 Å². The number of benzene rings is 2. The van der Waals surface area contributed by atoms with Crippen molar-refractivity contribution in [3.05, 3.63) is 63.5 Å². The van der Waals surface area contributed by atoms with Gasteiger partial charge in [-0.25, -0.2) is 9.48 Å². The number of fused-ring (bicyclic) bond motifs is 1. The molecule has 4 rings (SSSR count). The van der Waals surface area contributed by atoms with Gasteiger partial charge in [-0.1, -0.05) is 42.6 Å². The highest BCUT2D eigenvalue weighted by Crippen LogP contribution is 2.29. The number of hydrogen-bond acceptors (Lipinski definition) is 4. The fourth-order valence-electron chi connectivity index (χ4n) is 3.91. The van der Waals surface area contributed by atoms with E-state index in [9.17, 15) is 9.59 Å². The first-order valence-corrected chi connectivity index (χ1v) is 10.3. The second-order valence-electron chi connectivity index (χ2n) is 7.33. The summed E-state index contributed by atoms with van der Waals surface area (Å²) in [7, 11) is 1.52. The van der Waals surface area contributed by atoms with E-state index in [1.54, 1.807) is 22.9 Å². The molecule has 0 spiro atoms. The first-order chi connectivity index (χ1) is 14.6. The van der Waals surface area contributed by atoms with E-state index in [4.69, 9.17) is 16.3 Å². The first kappa shape index (κ1) is 20.2. The zero-order valence-electron chi connectivity index (χ0n) is 16.7. The van der Waals surface area contributed by atoms with Gasteiger partial charge in [0.15, 0.2) is 0 Å². The van der Waals surface area contributed by atoms with Crippen molar-refractivity contribution in [1.82, 2.24) is 15.1 Å². The van der Waals surface area contributed by atoms with Gasteiger partial charge in [-0.3, -0.25) is 4.79 Å². The van der Waals surface area contributed by atoms with Crippen LogP contribution in [0.4, 0.5) is 10.5 Å². The average Bonchev–Trinajstić information content (AvgIpc) is 3.28. The van der Waals surface area contributed by atoms with Gasteiger partial charge >= 0.3 is 6.03 Å². The molecule has 7 nitrogen and oxygen atoms in total. The van der Waals surface area contributed by atoms with Gasteiger partial charge in [0.2, 0.25) is 0 Å². The molecule has 1 aromatic heterocycles. The number of carbonyl (C=O) groups is 1. The summed E-state index contributed by atoms with van der Waals surface area (Å²) in [6.07, 6.45) is 4.10. The van der Waals surface area contributed by atoms with E-state index in [1.165, 1.54) is 7.11 Å². The molecular formula is C22H23ClN4O3. The third-order valence-corrected chi connectivity index (χ3v) is 5.64. The van der Waals surface area contributed by atoms with Crippen LogP contribution in [0.25, 0.3) is 10.8 Å². The highest BCUT2D eigenvalue weighted by molar-refractivity contribution is 6.31. The highest BCUT2D eigenvalue weighted by Gasteiger charge is 2.21. The molecule has 156 valence electrons. The van der Waals surface area contributed by atoms with E-state index >= 15 is 0 Å². The largest absolute Gasteiger partial charge is 0.495 e. The molecule has 0 radical (unpaired) electrons. The summed E-state index contributed by atoms with van der Waals surface area (Å²) >= 11 is 6.02. The molecule has 0 atom stereocenters. The summed E-state index contributed by atoms with van der Waals surface area (Å²) in [5.74, 6) is 0.507. The summed E-state index contributed by atoms with van der Waals surface area (Å²) in [5, 5.41) is 12.0. The number of methoxy groups -OCH3 is 1. The minimum Gasteiger partial charge on any atom is -0.495 e. The standard InChI is InChI=1S/C22H23ClN4O3/c1-30-20-11-10-14(23)12-18(20)25-22(29)24-13-19-16-8-4-5-9-17(16)21(28)27(26-19)15-6-2-3-7-15/h4-5,8-12,15H,2-3,6-7,13H2,1H3,(H2,24,25,29). The monoisotopic (exact) mass is 426 g/mol. The van der Waals surface area contributed by atoms with Crippen molar-refractivity contribution in [3.63, 3.8) is 0 Å². The van der Waals surface area contributed by atoms with Gasteiger partial charge in [0.1, 0.15) is 5.75 Å². The third kappa shape index (κ3) is 4.11. The van der Waals surface area contributed by atoms with Crippen molar-refractivity contribution in [1.29, 1.82) is 0 Å². The predicted octanol–water partition coefficient (Wildman–Crippen LogP) is 4.50. The van der Waals surface area contributed by atoms with Crippen molar-refractivity contribution >= 4 is 34.1 Å². The maximum Gasteiger partial charge on any atom is 0.319 e. The Morgan fingerprint density at radius 3 is 2.67 bits per heavy atom. The Morgan fingerprint density at radius 2 is 1.93 bits per heavy atom. The normalized spacial score (nSPS) is 14.1. The number of carbonyl (C=O) groups excluding carboxylic acids is 1. The number of nitrogens with zero attached hydrogens (tertiary/aromatic N) is 2. The molecule has 1 aliphatic rings. The number of amides is 2. The molecule has 1 heterocycles. The zero-order valence-corrected chi connectivity index (χ0v) is 17.4. The van der Waals surface area contributed by atoms with Crippen molar-refractivity contribution in [3.8, 4) is 5.75 Å². The fraction of sp³-hybridized carbons (Fsp3) is 0.318. The maximum atomic E-state index is 12.9. The van der Waals surface area contributed by atoms with E-state index in [2.05, 4.69) is 15.7 Å². The number of hydrogen-bond donors (Lipinski definition) is 2.